The standard InChI is InChI=1S/C16H26N2O/c1-11(2)12-6-7-14(15(8-12)19-5)16(18(3)4)13-9-17-10-13/h6-8,11,13,16-17H,9-10H2,1-5H3. The van der Waals surface area contributed by atoms with E-state index in [2.05, 4.69) is 56.4 Å². The molecule has 0 radical (unpaired) electrons. The molecule has 1 aliphatic rings. The lowest BCUT2D eigenvalue weighted by Crippen LogP contribution is -2.48. The average molecular weight is 262 g/mol. The van der Waals surface area contributed by atoms with Gasteiger partial charge in [-0.1, -0.05) is 26.0 Å². The number of hydrogen-bond donors (Lipinski definition) is 1. The van der Waals surface area contributed by atoms with Crippen molar-refractivity contribution in [3.63, 3.8) is 0 Å². The summed E-state index contributed by atoms with van der Waals surface area (Å²) in [5.41, 5.74) is 2.65. The molecule has 1 unspecified atom stereocenters. The van der Waals surface area contributed by atoms with Gasteiger partial charge < -0.3 is 15.0 Å². The first-order valence-corrected chi connectivity index (χ1v) is 7.09. The van der Waals surface area contributed by atoms with Gasteiger partial charge in [0.1, 0.15) is 5.75 Å². The van der Waals surface area contributed by atoms with Gasteiger partial charge in [-0.2, -0.15) is 0 Å². The minimum Gasteiger partial charge on any atom is -0.496 e. The molecule has 0 aromatic heterocycles. The zero-order chi connectivity index (χ0) is 14.0. The molecule has 1 N–H and O–H groups in total. The van der Waals surface area contributed by atoms with Crippen molar-refractivity contribution in [2.75, 3.05) is 34.3 Å². The van der Waals surface area contributed by atoms with Gasteiger partial charge in [0.2, 0.25) is 0 Å². The van der Waals surface area contributed by atoms with E-state index < -0.39 is 0 Å². The quantitative estimate of drug-likeness (QED) is 0.883. The fourth-order valence-corrected chi connectivity index (χ4v) is 2.82. The van der Waals surface area contributed by atoms with Crippen molar-refractivity contribution >= 4 is 0 Å². The van der Waals surface area contributed by atoms with E-state index >= 15 is 0 Å². The first-order chi connectivity index (χ1) is 9.04. The predicted molar refractivity (Wildman–Crippen MR) is 79.9 cm³/mol. The van der Waals surface area contributed by atoms with Gasteiger partial charge in [0, 0.05) is 30.6 Å². The van der Waals surface area contributed by atoms with Crippen molar-refractivity contribution in [1.29, 1.82) is 0 Å². The molecule has 1 fully saturated rings. The summed E-state index contributed by atoms with van der Waals surface area (Å²) in [6, 6.07) is 7.11. The van der Waals surface area contributed by atoms with Crippen LogP contribution in [0.5, 0.6) is 5.75 Å². The normalized spacial score (nSPS) is 17.6. The number of benzene rings is 1. The fourth-order valence-electron chi connectivity index (χ4n) is 2.82. The first kappa shape index (κ1) is 14.4. The Morgan fingerprint density at radius 1 is 1.26 bits per heavy atom. The van der Waals surface area contributed by atoms with E-state index in [1.165, 1.54) is 11.1 Å². The van der Waals surface area contributed by atoms with Crippen molar-refractivity contribution in [2.24, 2.45) is 5.92 Å². The highest BCUT2D eigenvalue weighted by atomic mass is 16.5. The molecular formula is C16H26N2O. The summed E-state index contributed by atoms with van der Waals surface area (Å²) in [7, 11) is 6.08. The highest BCUT2D eigenvalue weighted by Gasteiger charge is 2.31. The SMILES string of the molecule is COc1cc(C(C)C)ccc1C(C1CNC1)N(C)C. The minimum atomic E-state index is 0.428. The zero-order valence-electron chi connectivity index (χ0n) is 12.7. The zero-order valence-corrected chi connectivity index (χ0v) is 12.7. The number of rotatable bonds is 5. The Morgan fingerprint density at radius 2 is 1.95 bits per heavy atom. The minimum absolute atomic E-state index is 0.428. The van der Waals surface area contributed by atoms with E-state index in [4.69, 9.17) is 4.74 Å². The third-order valence-corrected chi connectivity index (χ3v) is 4.06. The van der Waals surface area contributed by atoms with Gasteiger partial charge in [0.05, 0.1) is 7.11 Å². The summed E-state index contributed by atoms with van der Waals surface area (Å²) in [5, 5.41) is 3.37. The molecular weight excluding hydrogens is 236 g/mol. The fraction of sp³-hybridized carbons (Fsp3) is 0.625. The molecule has 1 aliphatic heterocycles. The summed E-state index contributed by atoms with van der Waals surface area (Å²) >= 11 is 0. The molecule has 106 valence electrons. The predicted octanol–water partition coefficient (Wildman–Crippen LogP) is 2.64. The van der Waals surface area contributed by atoms with E-state index in [0.29, 0.717) is 17.9 Å². The summed E-state index contributed by atoms with van der Waals surface area (Å²) in [5.74, 6) is 2.23. The molecule has 3 nitrogen and oxygen atoms in total. The van der Waals surface area contributed by atoms with Crippen LogP contribution in [0.2, 0.25) is 0 Å². The molecule has 3 heteroatoms. The van der Waals surface area contributed by atoms with Crippen LogP contribution in [0.4, 0.5) is 0 Å². The second-order valence-corrected chi connectivity index (χ2v) is 5.98. The lowest BCUT2D eigenvalue weighted by Gasteiger charge is -2.39. The van der Waals surface area contributed by atoms with Gasteiger partial charge >= 0.3 is 0 Å². The third-order valence-electron chi connectivity index (χ3n) is 4.06. The smallest absolute Gasteiger partial charge is 0.123 e. The Balaban J connectivity index is 2.35. The number of ether oxygens (including phenoxy) is 1. The summed E-state index contributed by atoms with van der Waals surface area (Å²) < 4.78 is 5.64. The lowest BCUT2D eigenvalue weighted by atomic mass is 9.86. The molecule has 1 saturated heterocycles. The van der Waals surface area contributed by atoms with Crippen LogP contribution in [0.1, 0.15) is 36.9 Å². The first-order valence-electron chi connectivity index (χ1n) is 7.09. The van der Waals surface area contributed by atoms with Crippen LogP contribution in [0.25, 0.3) is 0 Å². The van der Waals surface area contributed by atoms with E-state index in [1.54, 1.807) is 7.11 Å². The van der Waals surface area contributed by atoms with E-state index in [0.717, 1.165) is 18.8 Å². The van der Waals surface area contributed by atoms with E-state index in [9.17, 15) is 0 Å². The molecule has 0 bridgehead atoms. The van der Waals surface area contributed by atoms with Crippen LogP contribution < -0.4 is 10.1 Å². The largest absolute Gasteiger partial charge is 0.496 e. The van der Waals surface area contributed by atoms with Crippen molar-refractivity contribution in [2.45, 2.75) is 25.8 Å². The molecule has 0 saturated carbocycles. The van der Waals surface area contributed by atoms with Crippen molar-refractivity contribution in [1.82, 2.24) is 10.2 Å². The molecule has 0 spiro atoms. The van der Waals surface area contributed by atoms with Crippen LogP contribution in [0.15, 0.2) is 18.2 Å². The summed E-state index contributed by atoms with van der Waals surface area (Å²) in [6.07, 6.45) is 0. The van der Waals surface area contributed by atoms with Gasteiger partial charge in [-0.3, -0.25) is 0 Å². The molecule has 2 rings (SSSR count). The van der Waals surface area contributed by atoms with Crippen LogP contribution in [-0.2, 0) is 0 Å². The van der Waals surface area contributed by atoms with Crippen LogP contribution in [0, 0.1) is 5.92 Å². The Hall–Kier alpha value is -1.06. The van der Waals surface area contributed by atoms with E-state index in [-0.39, 0.29) is 0 Å². The lowest BCUT2D eigenvalue weighted by molar-refractivity contribution is 0.157. The topological polar surface area (TPSA) is 24.5 Å². The Morgan fingerprint density at radius 3 is 2.37 bits per heavy atom. The number of methoxy groups -OCH3 is 1. The maximum Gasteiger partial charge on any atom is 0.123 e. The van der Waals surface area contributed by atoms with Gasteiger partial charge in [-0.05, 0) is 31.6 Å². The monoisotopic (exact) mass is 262 g/mol. The van der Waals surface area contributed by atoms with Crippen molar-refractivity contribution in [3.8, 4) is 5.75 Å². The van der Waals surface area contributed by atoms with Gasteiger partial charge in [-0.25, -0.2) is 0 Å². The van der Waals surface area contributed by atoms with Gasteiger partial charge in [-0.15, -0.1) is 0 Å². The maximum atomic E-state index is 5.64. The maximum absolute atomic E-state index is 5.64. The molecule has 0 amide bonds. The van der Waals surface area contributed by atoms with Crippen LogP contribution in [0.3, 0.4) is 0 Å². The molecule has 1 aromatic carbocycles. The Bertz CT molecular complexity index is 425. The highest BCUT2D eigenvalue weighted by molar-refractivity contribution is 5.41. The van der Waals surface area contributed by atoms with E-state index in [1.807, 2.05) is 0 Å². The molecule has 1 atom stereocenters. The number of hydrogen-bond acceptors (Lipinski definition) is 3. The molecule has 19 heavy (non-hydrogen) atoms. The molecule has 1 heterocycles. The highest BCUT2D eigenvalue weighted by Crippen LogP contribution is 2.36. The third kappa shape index (κ3) is 2.93. The molecule has 0 aliphatic carbocycles. The summed E-state index contributed by atoms with van der Waals surface area (Å²) in [4.78, 5) is 2.30. The molecule has 1 aromatic rings. The second-order valence-electron chi connectivity index (χ2n) is 5.98. The number of nitrogens with one attached hydrogen (secondary N) is 1. The Kier molecular flexibility index (Phi) is 4.48. The van der Waals surface area contributed by atoms with Crippen LogP contribution >= 0.6 is 0 Å². The summed E-state index contributed by atoms with van der Waals surface area (Å²) in [6.45, 7) is 6.62. The van der Waals surface area contributed by atoms with Crippen molar-refractivity contribution in [3.05, 3.63) is 29.3 Å². The second kappa shape index (κ2) is 5.93. The van der Waals surface area contributed by atoms with Crippen LogP contribution in [-0.4, -0.2) is 39.2 Å². The Labute approximate surface area is 116 Å². The number of nitrogens with zero attached hydrogens (tertiary/aromatic N) is 1. The average Bonchev–Trinajstić information content (AvgIpc) is 2.32. The van der Waals surface area contributed by atoms with Gasteiger partial charge in [0.15, 0.2) is 0 Å². The van der Waals surface area contributed by atoms with Gasteiger partial charge in [0.25, 0.3) is 0 Å². The van der Waals surface area contributed by atoms with Crippen molar-refractivity contribution < 1.29 is 4.74 Å².